The van der Waals surface area contributed by atoms with E-state index < -0.39 is 23.4 Å². The van der Waals surface area contributed by atoms with Crippen LogP contribution in [0.4, 0.5) is 8.78 Å². The molecule has 2 aliphatic heterocycles. The summed E-state index contributed by atoms with van der Waals surface area (Å²) >= 11 is 6.35. The first-order valence-corrected chi connectivity index (χ1v) is 15.3. The molecule has 0 aliphatic carbocycles. The molecule has 1 aromatic carbocycles. The molecule has 0 unspecified atom stereocenters. The molecule has 0 bridgehead atoms. The summed E-state index contributed by atoms with van der Waals surface area (Å²) in [5.41, 5.74) is -1.43. The zero-order valence-corrected chi connectivity index (χ0v) is 25.7. The number of ether oxygens (including phenoxy) is 1. The number of rotatable bonds is 12. The van der Waals surface area contributed by atoms with Crippen LogP contribution in [0.2, 0.25) is 5.02 Å². The van der Waals surface area contributed by atoms with Gasteiger partial charge >= 0.3 is 5.97 Å². The summed E-state index contributed by atoms with van der Waals surface area (Å²) in [6.45, 7) is 13.5. The van der Waals surface area contributed by atoms with Gasteiger partial charge in [0.1, 0.15) is 5.60 Å². The molecule has 2 atom stereocenters. The quantitative estimate of drug-likeness (QED) is 0.222. The molecule has 2 aliphatic rings. The lowest BCUT2D eigenvalue weighted by Crippen LogP contribution is -2.53. The third kappa shape index (κ3) is 8.86. The van der Waals surface area contributed by atoms with Crippen LogP contribution in [-0.2, 0) is 20.9 Å². The van der Waals surface area contributed by atoms with Gasteiger partial charge in [0.25, 0.3) is 6.43 Å². The number of carbonyl (C=O) groups is 2. The largest absolute Gasteiger partial charge is 0.460 e. The van der Waals surface area contributed by atoms with E-state index in [1.54, 1.807) is 26.8 Å². The summed E-state index contributed by atoms with van der Waals surface area (Å²) in [7, 11) is 0. The van der Waals surface area contributed by atoms with Gasteiger partial charge in [-0.1, -0.05) is 56.8 Å². The zero-order chi connectivity index (χ0) is 29.5. The van der Waals surface area contributed by atoms with Crippen molar-refractivity contribution in [2.75, 3.05) is 32.7 Å². The lowest BCUT2D eigenvalue weighted by molar-refractivity contribution is -0.161. The number of amides is 1. The number of halogens is 3. The van der Waals surface area contributed by atoms with Crippen molar-refractivity contribution in [1.82, 2.24) is 15.1 Å². The minimum absolute atomic E-state index is 0.0464. The van der Waals surface area contributed by atoms with E-state index >= 15 is 0 Å². The zero-order valence-electron chi connectivity index (χ0n) is 24.9. The van der Waals surface area contributed by atoms with Crippen LogP contribution >= 0.6 is 11.6 Å². The molecule has 0 saturated carbocycles. The number of nitrogens with zero attached hydrogens (tertiary/aromatic N) is 2. The van der Waals surface area contributed by atoms with Crippen LogP contribution in [0.3, 0.4) is 0 Å². The van der Waals surface area contributed by atoms with Gasteiger partial charge < -0.3 is 15.0 Å². The highest BCUT2D eigenvalue weighted by Gasteiger charge is 2.52. The number of alkyl halides is 2. The van der Waals surface area contributed by atoms with Crippen LogP contribution in [-0.4, -0.2) is 66.0 Å². The minimum atomic E-state index is -2.65. The number of hydrogen-bond acceptors (Lipinski definition) is 5. The minimum Gasteiger partial charge on any atom is -0.460 e. The van der Waals surface area contributed by atoms with Crippen molar-refractivity contribution in [3.05, 3.63) is 34.3 Å². The van der Waals surface area contributed by atoms with E-state index in [2.05, 4.69) is 17.1 Å². The average Bonchev–Trinajstić information content (AvgIpc) is 3.18. The van der Waals surface area contributed by atoms with E-state index in [1.165, 1.54) is 37.8 Å². The Kier molecular flexibility index (Phi) is 11.8. The fourth-order valence-corrected chi connectivity index (χ4v) is 6.35. The topological polar surface area (TPSA) is 61.9 Å². The van der Waals surface area contributed by atoms with Crippen molar-refractivity contribution in [3.63, 3.8) is 0 Å². The third-order valence-electron chi connectivity index (χ3n) is 8.34. The number of likely N-dealkylation sites (tertiary alicyclic amines) is 2. The number of unbranched alkanes of at least 4 members (excludes halogenated alkanes) is 3. The summed E-state index contributed by atoms with van der Waals surface area (Å²) in [5.74, 6) is -0.761. The smallest absolute Gasteiger partial charge is 0.307 e. The Hall–Kier alpha value is -1.77. The molecule has 6 nitrogen and oxygen atoms in total. The second kappa shape index (κ2) is 14.4. The highest BCUT2D eigenvalue weighted by Crippen LogP contribution is 2.42. The van der Waals surface area contributed by atoms with Crippen molar-refractivity contribution >= 4 is 23.5 Å². The lowest BCUT2D eigenvalue weighted by Gasteiger charge is -2.37. The standard InChI is InChI=1S/C31H48ClF2N3O3/c1-6-7-8-9-15-36-16-13-23(14-17-36)35-29(39)31(18-27(38)40-30(3,4)5)21-37(19-22(31)2)20-25-24(28(33)34)11-10-12-26(25)32/h10-12,22-23,28H,6-9,13-21H2,1-5H3,(H,35,39)/t22-,31+/m0/s1. The SMILES string of the molecule is CCCCCCN1CCC(NC(=O)[C@]2(CC(=O)OC(C)(C)C)CN(Cc3c(Cl)cccc3C(F)F)C[C@@H]2C)CC1. The van der Waals surface area contributed by atoms with E-state index in [1.807, 2.05) is 11.8 Å². The van der Waals surface area contributed by atoms with Gasteiger partial charge in [0.2, 0.25) is 5.91 Å². The number of benzene rings is 1. The number of esters is 1. The van der Waals surface area contributed by atoms with Crippen LogP contribution in [0.1, 0.15) is 97.1 Å². The maximum absolute atomic E-state index is 14.0. The van der Waals surface area contributed by atoms with Gasteiger partial charge in [-0.15, -0.1) is 0 Å². The maximum atomic E-state index is 14.0. The van der Waals surface area contributed by atoms with E-state index in [0.29, 0.717) is 12.1 Å². The van der Waals surface area contributed by atoms with Gasteiger partial charge in [-0.2, -0.15) is 0 Å². The van der Waals surface area contributed by atoms with Crippen LogP contribution in [0, 0.1) is 11.3 Å². The summed E-state index contributed by atoms with van der Waals surface area (Å²) in [6.07, 6.45) is 3.98. The fourth-order valence-electron chi connectivity index (χ4n) is 6.11. The monoisotopic (exact) mass is 583 g/mol. The molecule has 226 valence electrons. The van der Waals surface area contributed by atoms with Gasteiger partial charge in [0.05, 0.1) is 11.8 Å². The van der Waals surface area contributed by atoms with Crippen molar-refractivity contribution in [3.8, 4) is 0 Å². The van der Waals surface area contributed by atoms with Crippen molar-refractivity contribution in [1.29, 1.82) is 0 Å². The van der Waals surface area contributed by atoms with Crippen LogP contribution in [0.5, 0.6) is 0 Å². The highest BCUT2D eigenvalue weighted by atomic mass is 35.5. The first kappa shape index (κ1) is 32.7. The second-order valence-electron chi connectivity index (χ2n) is 12.7. The summed E-state index contributed by atoms with van der Waals surface area (Å²) in [5, 5.41) is 3.56. The van der Waals surface area contributed by atoms with Gasteiger partial charge in [0.15, 0.2) is 0 Å². The Labute approximate surface area is 244 Å². The van der Waals surface area contributed by atoms with Crippen molar-refractivity contribution in [2.45, 2.75) is 104 Å². The summed E-state index contributed by atoms with van der Waals surface area (Å²) in [6, 6.07) is 4.57. The molecular formula is C31H48ClF2N3O3. The molecule has 0 radical (unpaired) electrons. The number of piperidine rings is 1. The first-order valence-electron chi connectivity index (χ1n) is 14.9. The molecular weight excluding hydrogens is 536 g/mol. The van der Waals surface area contributed by atoms with E-state index in [9.17, 15) is 18.4 Å². The van der Waals surface area contributed by atoms with Crippen LogP contribution < -0.4 is 5.32 Å². The van der Waals surface area contributed by atoms with Crippen LogP contribution in [0.25, 0.3) is 0 Å². The predicted molar refractivity (Wildman–Crippen MR) is 155 cm³/mol. The number of hydrogen-bond donors (Lipinski definition) is 1. The Bertz CT molecular complexity index is 995. The molecule has 1 amide bonds. The van der Waals surface area contributed by atoms with E-state index in [4.69, 9.17) is 16.3 Å². The molecule has 2 saturated heterocycles. The maximum Gasteiger partial charge on any atom is 0.307 e. The second-order valence-corrected chi connectivity index (χ2v) is 13.2. The molecule has 40 heavy (non-hydrogen) atoms. The van der Waals surface area contributed by atoms with Crippen molar-refractivity contribution < 1.29 is 23.1 Å². The third-order valence-corrected chi connectivity index (χ3v) is 8.69. The molecule has 1 aromatic rings. The summed E-state index contributed by atoms with van der Waals surface area (Å²) < 4.78 is 33.1. The molecule has 9 heteroatoms. The van der Waals surface area contributed by atoms with Gasteiger partial charge in [-0.25, -0.2) is 8.78 Å². The molecule has 1 N–H and O–H groups in total. The molecule has 2 heterocycles. The van der Waals surface area contributed by atoms with Crippen molar-refractivity contribution in [2.24, 2.45) is 11.3 Å². The molecule has 0 spiro atoms. The summed E-state index contributed by atoms with van der Waals surface area (Å²) in [4.78, 5) is 31.5. The van der Waals surface area contributed by atoms with E-state index in [0.717, 1.165) is 32.5 Å². The Morgan fingerprint density at radius 2 is 1.85 bits per heavy atom. The lowest BCUT2D eigenvalue weighted by atomic mass is 9.75. The molecule has 0 aromatic heterocycles. The average molecular weight is 584 g/mol. The Morgan fingerprint density at radius 3 is 2.48 bits per heavy atom. The Balaban J connectivity index is 1.73. The van der Waals surface area contributed by atoms with Gasteiger partial charge in [-0.05, 0) is 64.1 Å². The normalized spacial score (nSPS) is 23.1. The molecule has 2 fully saturated rings. The first-order chi connectivity index (χ1) is 18.8. The number of nitrogens with one attached hydrogen (secondary N) is 1. The predicted octanol–water partition coefficient (Wildman–Crippen LogP) is 6.61. The Morgan fingerprint density at radius 1 is 1.15 bits per heavy atom. The fraction of sp³-hybridized carbons (Fsp3) is 0.742. The van der Waals surface area contributed by atoms with Crippen LogP contribution in [0.15, 0.2) is 18.2 Å². The van der Waals surface area contributed by atoms with Gasteiger partial charge in [0, 0.05) is 49.4 Å². The number of carbonyl (C=O) groups excluding carboxylic acids is 2. The van der Waals surface area contributed by atoms with E-state index in [-0.39, 0.29) is 48.0 Å². The highest BCUT2D eigenvalue weighted by molar-refractivity contribution is 6.31. The molecule has 3 rings (SSSR count). The van der Waals surface area contributed by atoms with Gasteiger partial charge in [-0.3, -0.25) is 14.5 Å².